The maximum absolute atomic E-state index is 6.21. The van der Waals surface area contributed by atoms with Crippen LogP contribution in [0.4, 0.5) is 5.82 Å². The maximum Gasteiger partial charge on any atom is 0.190 e. The van der Waals surface area contributed by atoms with E-state index >= 15 is 0 Å². The SMILES string of the molecule is CC(C)CSc1nc(N)c2c3c(sc2n1)C[C@H](C)CC3. The minimum Gasteiger partial charge on any atom is -0.383 e. The summed E-state index contributed by atoms with van der Waals surface area (Å²) < 4.78 is 0. The topological polar surface area (TPSA) is 51.8 Å². The molecule has 3 rings (SSSR count). The average Bonchev–Trinajstić information content (AvgIpc) is 2.73. The van der Waals surface area contributed by atoms with Crippen molar-refractivity contribution in [2.75, 3.05) is 11.5 Å². The molecule has 1 atom stereocenters. The van der Waals surface area contributed by atoms with E-state index in [1.54, 1.807) is 11.8 Å². The smallest absolute Gasteiger partial charge is 0.190 e. The zero-order chi connectivity index (χ0) is 14.3. The van der Waals surface area contributed by atoms with Crippen LogP contribution in [0.15, 0.2) is 5.16 Å². The molecule has 2 N–H and O–H groups in total. The number of nitrogens with two attached hydrogens (primary N) is 1. The van der Waals surface area contributed by atoms with Crippen molar-refractivity contribution >= 4 is 39.1 Å². The number of fused-ring (bicyclic) bond motifs is 3. The monoisotopic (exact) mass is 307 g/mol. The van der Waals surface area contributed by atoms with Gasteiger partial charge in [-0.15, -0.1) is 11.3 Å². The number of thioether (sulfide) groups is 1. The number of rotatable bonds is 3. The number of anilines is 1. The highest BCUT2D eigenvalue weighted by Crippen LogP contribution is 2.39. The number of nitrogen functional groups attached to an aromatic ring is 1. The summed E-state index contributed by atoms with van der Waals surface area (Å²) in [5.41, 5.74) is 7.63. The summed E-state index contributed by atoms with van der Waals surface area (Å²) in [7, 11) is 0. The van der Waals surface area contributed by atoms with Crippen LogP contribution in [-0.4, -0.2) is 15.7 Å². The fourth-order valence-electron chi connectivity index (χ4n) is 2.66. The van der Waals surface area contributed by atoms with Gasteiger partial charge in [-0.25, -0.2) is 9.97 Å². The second-order valence-corrected chi connectivity index (χ2v) is 8.20. The zero-order valence-corrected chi connectivity index (χ0v) is 13.9. The van der Waals surface area contributed by atoms with Crippen molar-refractivity contribution in [1.29, 1.82) is 0 Å². The molecule has 0 fully saturated rings. The summed E-state index contributed by atoms with van der Waals surface area (Å²) in [6.07, 6.45) is 3.55. The van der Waals surface area contributed by atoms with Crippen LogP contribution in [0, 0.1) is 11.8 Å². The molecular formula is C15H21N3S2. The van der Waals surface area contributed by atoms with Crippen molar-refractivity contribution in [2.45, 2.75) is 45.2 Å². The minimum absolute atomic E-state index is 0.637. The van der Waals surface area contributed by atoms with Gasteiger partial charge in [0.2, 0.25) is 0 Å². The van der Waals surface area contributed by atoms with Gasteiger partial charge in [0.15, 0.2) is 5.16 Å². The molecule has 3 nitrogen and oxygen atoms in total. The lowest BCUT2D eigenvalue weighted by molar-refractivity contribution is 0.509. The number of aryl methyl sites for hydroxylation is 1. The lowest BCUT2D eigenvalue weighted by atomic mass is 9.89. The van der Waals surface area contributed by atoms with E-state index in [0.29, 0.717) is 11.7 Å². The van der Waals surface area contributed by atoms with Crippen LogP contribution in [0.2, 0.25) is 0 Å². The van der Waals surface area contributed by atoms with Gasteiger partial charge in [-0.05, 0) is 36.7 Å². The van der Waals surface area contributed by atoms with Gasteiger partial charge in [0.05, 0.1) is 5.39 Å². The normalized spacial score (nSPS) is 18.7. The molecule has 5 heteroatoms. The summed E-state index contributed by atoms with van der Waals surface area (Å²) >= 11 is 3.53. The van der Waals surface area contributed by atoms with Gasteiger partial charge >= 0.3 is 0 Å². The first-order chi connectivity index (χ1) is 9.54. The van der Waals surface area contributed by atoms with Crippen molar-refractivity contribution in [3.8, 4) is 0 Å². The number of nitrogens with zero attached hydrogens (tertiary/aromatic N) is 2. The van der Waals surface area contributed by atoms with Crippen LogP contribution >= 0.6 is 23.1 Å². The van der Waals surface area contributed by atoms with Gasteiger partial charge in [0, 0.05) is 10.6 Å². The van der Waals surface area contributed by atoms with Crippen molar-refractivity contribution in [1.82, 2.24) is 9.97 Å². The second kappa shape index (κ2) is 5.53. The van der Waals surface area contributed by atoms with E-state index in [9.17, 15) is 0 Å². The van der Waals surface area contributed by atoms with Crippen LogP contribution in [0.5, 0.6) is 0 Å². The molecule has 0 radical (unpaired) electrons. The third kappa shape index (κ3) is 2.66. The molecule has 20 heavy (non-hydrogen) atoms. The Morgan fingerprint density at radius 1 is 1.40 bits per heavy atom. The van der Waals surface area contributed by atoms with E-state index in [2.05, 4.69) is 25.8 Å². The van der Waals surface area contributed by atoms with Gasteiger partial charge in [0.1, 0.15) is 10.6 Å². The van der Waals surface area contributed by atoms with Crippen LogP contribution in [0.3, 0.4) is 0 Å². The van der Waals surface area contributed by atoms with E-state index in [-0.39, 0.29) is 0 Å². The Balaban J connectivity index is 2.00. The predicted octanol–water partition coefficient (Wildman–Crippen LogP) is 4.15. The van der Waals surface area contributed by atoms with Crippen LogP contribution < -0.4 is 5.73 Å². The van der Waals surface area contributed by atoms with Crippen LogP contribution in [-0.2, 0) is 12.8 Å². The Morgan fingerprint density at radius 2 is 2.20 bits per heavy atom. The van der Waals surface area contributed by atoms with E-state index in [4.69, 9.17) is 10.7 Å². The van der Waals surface area contributed by atoms with Crippen molar-refractivity contribution < 1.29 is 0 Å². The molecule has 1 aliphatic carbocycles. The number of hydrogen-bond donors (Lipinski definition) is 1. The quantitative estimate of drug-likeness (QED) is 0.684. The third-order valence-electron chi connectivity index (χ3n) is 3.71. The molecule has 0 bridgehead atoms. The molecule has 0 aromatic carbocycles. The minimum atomic E-state index is 0.637. The number of thiophene rings is 1. The Hall–Kier alpha value is -0.810. The van der Waals surface area contributed by atoms with E-state index in [1.165, 1.54) is 23.3 Å². The Bertz CT molecular complexity index is 634. The molecule has 2 aromatic rings. The van der Waals surface area contributed by atoms with Crippen molar-refractivity contribution in [3.05, 3.63) is 10.4 Å². The molecule has 108 valence electrons. The first kappa shape index (κ1) is 14.1. The molecule has 2 aromatic heterocycles. The molecule has 0 unspecified atom stereocenters. The standard InChI is InChI=1S/C15H21N3S2/c1-8(2)7-19-15-17-13(16)12-10-5-4-9(3)6-11(10)20-14(12)18-15/h8-9H,4-7H2,1-3H3,(H2,16,17,18)/t9-/m1/s1. The molecule has 1 aliphatic rings. The van der Waals surface area contributed by atoms with Crippen LogP contribution in [0.1, 0.15) is 37.6 Å². The Labute approximate surface area is 128 Å². The molecule has 0 spiro atoms. The summed E-state index contributed by atoms with van der Waals surface area (Å²) in [6, 6.07) is 0. The molecule has 0 aliphatic heterocycles. The van der Waals surface area contributed by atoms with E-state index in [1.807, 2.05) is 11.3 Å². The molecule has 0 saturated carbocycles. The largest absolute Gasteiger partial charge is 0.383 e. The van der Waals surface area contributed by atoms with Crippen molar-refractivity contribution in [2.24, 2.45) is 11.8 Å². The Morgan fingerprint density at radius 3 is 2.95 bits per heavy atom. The van der Waals surface area contributed by atoms with Gasteiger partial charge < -0.3 is 5.73 Å². The van der Waals surface area contributed by atoms with Gasteiger partial charge in [-0.1, -0.05) is 32.5 Å². The highest BCUT2D eigenvalue weighted by Gasteiger charge is 2.23. The first-order valence-electron chi connectivity index (χ1n) is 7.25. The van der Waals surface area contributed by atoms with Crippen LogP contribution in [0.25, 0.3) is 10.2 Å². The zero-order valence-electron chi connectivity index (χ0n) is 12.3. The summed E-state index contributed by atoms with van der Waals surface area (Å²) in [5, 5.41) is 1.96. The fraction of sp³-hybridized carbons (Fsp3) is 0.600. The Kier molecular flexibility index (Phi) is 3.91. The maximum atomic E-state index is 6.21. The number of hydrogen-bond acceptors (Lipinski definition) is 5. The lowest BCUT2D eigenvalue weighted by Crippen LogP contribution is -2.09. The lowest BCUT2D eigenvalue weighted by Gasteiger charge is -2.17. The van der Waals surface area contributed by atoms with Gasteiger partial charge in [0.25, 0.3) is 0 Å². The average molecular weight is 307 g/mol. The van der Waals surface area contributed by atoms with E-state index < -0.39 is 0 Å². The third-order valence-corrected chi connectivity index (χ3v) is 6.13. The molecular weight excluding hydrogens is 286 g/mol. The van der Waals surface area contributed by atoms with Gasteiger partial charge in [-0.2, -0.15) is 0 Å². The van der Waals surface area contributed by atoms with Crippen molar-refractivity contribution in [3.63, 3.8) is 0 Å². The van der Waals surface area contributed by atoms with Gasteiger partial charge in [-0.3, -0.25) is 0 Å². The highest BCUT2D eigenvalue weighted by atomic mass is 32.2. The highest BCUT2D eigenvalue weighted by molar-refractivity contribution is 7.99. The summed E-state index contributed by atoms with van der Waals surface area (Å²) in [4.78, 5) is 11.8. The predicted molar refractivity (Wildman–Crippen MR) is 88.6 cm³/mol. The summed E-state index contributed by atoms with van der Waals surface area (Å²) in [6.45, 7) is 6.74. The summed E-state index contributed by atoms with van der Waals surface area (Å²) in [5.74, 6) is 3.12. The molecule has 0 saturated heterocycles. The fourth-order valence-corrected chi connectivity index (χ4v) is 4.91. The van der Waals surface area contributed by atoms with E-state index in [0.717, 1.165) is 33.5 Å². The second-order valence-electron chi connectivity index (χ2n) is 6.13. The number of aromatic nitrogens is 2. The first-order valence-corrected chi connectivity index (χ1v) is 9.05. The molecule has 0 amide bonds. The molecule has 2 heterocycles.